The Bertz CT molecular complexity index is 1480. The number of nitrogens with zero attached hydrogens (tertiary/aromatic N) is 2. The second-order valence-corrected chi connectivity index (χ2v) is 8.59. The smallest absolute Gasteiger partial charge is 0.258 e. The highest BCUT2D eigenvalue weighted by Gasteiger charge is 2.22. The van der Waals surface area contributed by atoms with E-state index in [9.17, 15) is 22.8 Å². The van der Waals surface area contributed by atoms with Crippen molar-refractivity contribution in [2.45, 2.75) is 12.5 Å². The number of aromatic nitrogens is 2. The van der Waals surface area contributed by atoms with E-state index in [1.165, 1.54) is 36.7 Å². The predicted octanol–water partition coefficient (Wildman–Crippen LogP) is 4.79. The Morgan fingerprint density at radius 2 is 1.74 bits per heavy atom. The molecule has 0 radical (unpaired) electrons. The van der Waals surface area contributed by atoms with Gasteiger partial charge in [-0.1, -0.05) is 23.7 Å². The van der Waals surface area contributed by atoms with Gasteiger partial charge in [0.15, 0.2) is 6.61 Å². The molecular formula is C27H20ClF3N4O3. The minimum atomic E-state index is -0.955. The number of benzene rings is 2. The van der Waals surface area contributed by atoms with Crippen LogP contribution in [-0.4, -0.2) is 28.4 Å². The van der Waals surface area contributed by atoms with Gasteiger partial charge in [-0.25, -0.2) is 18.2 Å². The zero-order chi connectivity index (χ0) is 27.2. The van der Waals surface area contributed by atoms with E-state index in [1.54, 1.807) is 12.1 Å². The molecule has 3 N–H and O–H groups in total. The molecule has 7 nitrogen and oxygen atoms in total. The first-order chi connectivity index (χ1) is 18.2. The van der Waals surface area contributed by atoms with E-state index in [0.717, 1.165) is 24.3 Å². The summed E-state index contributed by atoms with van der Waals surface area (Å²) >= 11 is 5.84. The number of nitrogens with two attached hydrogens (primary N) is 1. The average molecular weight is 541 g/mol. The van der Waals surface area contributed by atoms with Crippen molar-refractivity contribution < 1.29 is 27.5 Å². The standard InChI is InChI=1S/C27H20ClF3N4O3/c28-24-13-19(5-7-33-24)38-14-25(36)35-23(10-15-8-17(29)12-18(30)9-15)26-20(2-1-6-34-26)16-3-4-22(31)21(11-16)27(32)37/h1-9,11-13,23H,10,14H2,(H2,32,37)(H,35,36)/t23-/m0/s1. The Labute approximate surface area is 220 Å². The van der Waals surface area contributed by atoms with Crippen LogP contribution in [-0.2, 0) is 11.2 Å². The maximum Gasteiger partial charge on any atom is 0.258 e. The normalized spacial score (nSPS) is 11.6. The molecule has 2 aromatic heterocycles. The molecule has 0 aliphatic carbocycles. The van der Waals surface area contributed by atoms with Crippen LogP contribution in [0.4, 0.5) is 13.2 Å². The first-order valence-electron chi connectivity index (χ1n) is 11.2. The summed E-state index contributed by atoms with van der Waals surface area (Å²) < 4.78 is 47.4. The molecule has 0 bridgehead atoms. The summed E-state index contributed by atoms with van der Waals surface area (Å²) in [5.41, 5.74) is 6.37. The number of hydrogen-bond donors (Lipinski definition) is 2. The molecule has 2 aromatic carbocycles. The maximum atomic E-state index is 14.1. The van der Waals surface area contributed by atoms with E-state index < -0.39 is 41.9 Å². The van der Waals surface area contributed by atoms with Gasteiger partial charge in [-0.2, -0.15) is 0 Å². The molecule has 0 saturated heterocycles. The number of pyridine rings is 2. The summed E-state index contributed by atoms with van der Waals surface area (Å²) in [6.07, 6.45) is 2.84. The summed E-state index contributed by atoms with van der Waals surface area (Å²) in [5.74, 6) is -3.56. The molecule has 2 heterocycles. The average Bonchev–Trinajstić information content (AvgIpc) is 2.87. The molecule has 11 heteroatoms. The molecule has 194 valence electrons. The van der Waals surface area contributed by atoms with Gasteiger partial charge in [-0.05, 0) is 53.9 Å². The fraction of sp³-hybridized carbons (Fsp3) is 0.111. The number of ether oxygens (including phenoxy) is 1. The van der Waals surface area contributed by atoms with Crippen LogP contribution in [0, 0.1) is 17.5 Å². The topological polar surface area (TPSA) is 107 Å². The Balaban J connectivity index is 1.68. The number of amides is 2. The van der Waals surface area contributed by atoms with Crippen LogP contribution >= 0.6 is 11.6 Å². The third-order valence-electron chi connectivity index (χ3n) is 5.48. The molecule has 1 atom stereocenters. The van der Waals surface area contributed by atoms with E-state index in [-0.39, 0.29) is 22.7 Å². The molecule has 38 heavy (non-hydrogen) atoms. The fourth-order valence-corrected chi connectivity index (χ4v) is 4.02. The molecule has 0 unspecified atom stereocenters. The van der Waals surface area contributed by atoms with Crippen molar-refractivity contribution >= 4 is 23.4 Å². The van der Waals surface area contributed by atoms with Gasteiger partial charge in [0, 0.05) is 30.1 Å². The van der Waals surface area contributed by atoms with Crippen LogP contribution in [0.25, 0.3) is 11.1 Å². The van der Waals surface area contributed by atoms with Crippen LogP contribution in [0.1, 0.15) is 27.7 Å². The number of nitrogens with one attached hydrogen (secondary N) is 1. The van der Waals surface area contributed by atoms with E-state index in [1.807, 2.05) is 0 Å². The summed E-state index contributed by atoms with van der Waals surface area (Å²) in [4.78, 5) is 32.8. The van der Waals surface area contributed by atoms with E-state index >= 15 is 0 Å². The molecule has 0 spiro atoms. The number of primary amides is 1. The zero-order valence-electron chi connectivity index (χ0n) is 19.6. The van der Waals surface area contributed by atoms with Crippen molar-refractivity contribution in [3.8, 4) is 16.9 Å². The molecule has 0 aliphatic heterocycles. The molecule has 4 rings (SSSR count). The molecule has 0 fully saturated rings. The predicted molar refractivity (Wildman–Crippen MR) is 134 cm³/mol. The van der Waals surface area contributed by atoms with Crippen LogP contribution in [0.3, 0.4) is 0 Å². The Hall–Kier alpha value is -4.44. The lowest BCUT2D eigenvalue weighted by molar-refractivity contribution is -0.123. The quantitative estimate of drug-likeness (QED) is 0.297. The summed E-state index contributed by atoms with van der Waals surface area (Å²) in [7, 11) is 0. The minimum Gasteiger partial charge on any atom is -0.484 e. The van der Waals surface area contributed by atoms with Gasteiger partial charge in [0.1, 0.15) is 28.4 Å². The summed E-state index contributed by atoms with van der Waals surface area (Å²) in [6.45, 7) is -0.404. The maximum absolute atomic E-state index is 14.1. The van der Waals surface area contributed by atoms with Crippen molar-refractivity contribution in [1.29, 1.82) is 0 Å². The summed E-state index contributed by atoms with van der Waals surface area (Å²) in [5, 5.41) is 2.96. The number of rotatable bonds is 9. The van der Waals surface area contributed by atoms with Gasteiger partial charge in [0.05, 0.1) is 17.3 Å². The van der Waals surface area contributed by atoms with E-state index in [0.29, 0.717) is 22.6 Å². The highest BCUT2D eigenvalue weighted by Crippen LogP contribution is 2.30. The molecule has 4 aromatic rings. The highest BCUT2D eigenvalue weighted by atomic mass is 35.5. The third-order valence-corrected chi connectivity index (χ3v) is 5.68. The lowest BCUT2D eigenvalue weighted by Gasteiger charge is -2.22. The van der Waals surface area contributed by atoms with Crippen LogP contribution in [0.2, 0.25) is 5.15 Å². The van der Waals surface area contributed by atoms with Gasteiger partial charge in [-0.3, -0.25) is 14.6 Å². The molecular weight excluding hydrogens is 521 g/mol. The van der Waals surface area contributed by atoms with Gasteiger partial charge >= 0.3 is 0 Å². The Kier molecular flexibility index (Phi) is 8.22. The fourth-order valence-electron chi connectivity index (χ4n) is 3.86. The van der Waals surface area contributed by atoms with Crippen molar-refractivity contribution in [1.82, 2.24) is 15.3 Å². The number of hydrogen-bond acceptors (Lipinski definition) is 5. The SMILES string of the molecule is NC(=O)c1cc(-c2cccnc2[C@H](Cc2cc(F)cc(F)c2)NC(=O)COc2ccnc(Cl)c2)ccc1F. The lowest BCUT2D eigenvalue weighted by atomic mass is 9.94. The summed E-state index contributed by atoms with van der Waals surface area (Å²) in [6, 6.07) is 12.1. The van der Waals surface area contributed by atoms with E-state index in [2.05, 4.69) is 15.3 Å². The van der Waals surface area contributed by atoms with Crippen molar-refractivity contribution in [3.05, 3.63) is 112 Å². The van der Waals surface area contributed by atoms with Crippen molar-refractivity contribution in [2.24, 2.45) is 5.73 Å². The van der Waals surface area contributed by atoms with Crippen molar-refractivity contribution in [3.63, 3.8) is 0 Å². The molecule has 0 saturated carbocycles. The third kappa shape index (κ3) is 6.65. The molecule has 2 amide bonds. The van der Waals surface area contributed by atoms with Crippen molar-refractivity contribution in [2.75, 3.05) is 6.61 Å². The van der Waals surface area contributed by atoms with E-state index in [4.69, 9.17) is 22.1 Å². The number of carbonyl (C=O) groups is 2. The number of halogens is 4. The number of carbonyl (C=O) groups excluding carboxylic acids is 2. The largest absolute Gasteiger partial charge is 0.484 e. The van der Waals surface area contributed by atoms with Gasteiger partial charge < -0.3 is 15.8 Å². The second kappa shape index (κ2) is 11.7. The zero-order valence-corrected chi connectivity index (χ0v) is 20.4. The van der Waals surface area contributed by atoms with Crippen LogP contribution < -0.4 is 15.8 Å². The van der Waals surface area contributed by atoms with Crippen LogP contribution in [0.5, 0.6) is 5.75 Å². The lowest BCUT2D eigenvalue weighted by Crippen LogP contribution is -2.34. The molecule has 0 aliphatic rings. The van der Waals surface area contributed by atoms with Gasteiger partial charge in [0.2, 0.25) is 0 Å². The Morgan fingerprint density at radius 1 is 0.974 bits per heavy atom. The first kappa shape index (κ1) is 26.6. The Morgan fingerprint density at radius 3 is 2.45 bits per heavy atom. The highest BCUT2D eigenvalue weighted by molar-refractivity contribution is 6.29. The van der Waals surface area contributed by atoms with Gasteiger partial charge in [-0.15, -0.1) is 0 Å². The minimum absolute atomic E-state index is 0.0462. The van der Waals surface area contributed by atoms with Gasteiger partial charge in [0.25, 0.3) is 11.8 Å². The monoisotopic (exact) mass is 540 g/mol. The second-order valence-electron chi connectivity index (χ2n) is 8.20. The first-order valence-corrected chi connectivity index (χ1v) is 11.6. The van der Waals surface area contributed by atoms with Crippen LogP contribution in [0.15, 0.2) is 73.1 Å².